The van der Waals surface area contributed by atoms with E-state index in [-0.39, 0.29) is 11.5 Å². The van der Waals surface area contributed by atoms with Crippen LogP contribution < -0.4 is 16.2 Å². The number of nitrogens with one attached hydrogen (secondary N) is 4. The van der Waals surface area contributed by atoms with Crippen molar-refractivity contribution in [2.24, 2.45) is 7.05 Å². The van der Waals surface area contributed by atoms with Crippen LogP contribution in [-0.2, 0) is 11.8 Å². The SMILES string of the molecule is Cn1nccc1C(=O)N[C@H](C(=O)Nc1ccc(-c2c[nH]c(=O)c3[nH]ccc23)cc1)C(c1ccccc1)c1ccccc1. The van der Waals surface area contributed by atoms with Gasteiger partial charge in [0, 0.05) is 48.2 Å². The molecule has 0 radical (unpaired) electrons. The number of carbonyl (C=O) groups is 2. The Balaban J connectivity index is 1.34. The molecule has 3 aromatic carbocycles. The number of aryl methyl sites for hydroxylation is 1. The van der Waals surface area contributed by atoms with Crippen molar-refractivity contribution in [1.29, 1.82) is 0 Å². The monoisotopic (exact) mass is 556 g/mol. The van der Waals surface area contributed by atoms with E-state index >= 15 is 0 Å². The largest absolute Gasteiger partial charge is 0.357 e. The second-order valence-corrected chi connectivity index (χ2v) is 9.95. The Hall–Kier alpha value is -5.70. The number of hydrogen-bond acceptors (Lipinski definition) is 4. The number of carbonyl (C=O) groups excluding carboxylic acids is 2. The molecule has 6 aromatic rings. The Kier molecular flexibility index (Phi) is 7.21. The van der Waals surface area contributed by atoms with Crippen LogP contribution in [0.15, 0.2) is 120 Å². The van der Waals surface area contributed by atoms with E-state index in [0.717, 1.165) is 27.6 Å². The number of pyridine rings is 1. The summed E-state index contributed by atoms with van der Waals surface area (Å²) in [4.78, 5) is 45.3. The van der Waals surface area contributed by atoms with Crippen molar-refractivity contribution in [3.63, 3.8) is 0 Å². The van der Waals surface area contributed by atoms with Crippen molar-refractivity contribution in [1.82, 2.24) is 25.1 Å². The molecule has 9 heteroatoms. The summed E-state index contributed by atoms with van der Waals surface area (Å²) in [6.45, 7) is 0. The quantitative estimate of drug-likeness (QED) is 0.214. The number of benzene rings is 3. The average Bonchev–Trinajstić information content (AvgIpc) is 3.69. The van der Waals surface area contributed by atoms with Crippen molar-refractivity contribution < 1.29 is 9.59 Å². The van der Waals surface area contributed by atoms with E-state index in [2.05, 4.69) is 25.7 Å². The summed E-state index contributed by atoms with van der Waals surface area (Å²) in [5.41, 5.74) is 4.74. The van der Waals surface area contributed by atoms with Crippen molar-refractivity contribution in [3.05, 3.63) is 143 Å². The second kappa shape index (κ2) is 11.4. The molecule has 3 heterocycles. The minimum atomic E-state index is -0.949. The maximum atomic E-state index is 14.0. The second-order valence-electron chi connectivity index (χ2n) is 9.95. The zero-order valence-corrected chi connectivity index (χ0v) is 22.7. The molecule has 0 unspecified atom stereocenters. The highest BCUT2D eigenvalue weighted by atomic mass is 16.2. The summed E-state index contributed by atoms with van der Waals surface area (Å²) in [6, 6.07) is 29.2. The summed E-state index contributed by atoms with van der Waals surface area (Å²) < 4.78 is 1.47. The van der Waals surface area contributed by atoms with Gasteiger partial charge >= 0.3 is 0 Å². The zero-order valence-electron chi connectivity index (χ0n) is 22.7. The fraction of sp³-hybridized carbons (Fsp3) is 0.0909. The van der Waals surface area contributed by atoms with Crippen molar-refractivity contribution in [2.75, 3.05) is 5.32 Å². The maximum Gasteiger partial charge on any atom is 0.272 e. The number of amides is 2. The molecule has 9 nitrogen and oxygen atoms in total. The highest BCUT2D eigenvalue weighted by molar-refractivity contribution is 6.02. The zero-order chi connectivity index (χ0) is 29.1. The van der Waals surface area contributed by atoms with Crippen LogP contribution in [0.25, 0.3) is 22.0 Å². The molecular formula is C33H28N6O3. The first-order valence-electron chi connectivity index (χ1n) is 13.5. The summed E-state index contributed by atoms with van der Waals surface area (Å²) >= 11 is 0. The third kappa shape index (κ3) is 5.23. The van der Waals surface area contributed by atoms with Gasteiger partial charge in [0.1, 0.15) is 17.3 Å². The number of fused-ring (bicyclic) bond motifs is 1. The van der Waals surface area contributed by atoms with Crippen molar-refractivity contribution >= 4 is 28.4 Å². The lowest BCUT2D eigenvalue weighted by Crippen LogP contribution is -2.48. The third-order valence-electron chi connectivity index (χ3n) is 7.35. The molecule has 0 bridgehead atoms. The van der Waals surface area contributed by atoms with Gasteiger partial charge in [-0.3, -0.25) is 19.1 Å². The molecule has 42 heavy (non-hydrogen) atoms. The molecule has 1 atom stereocenters. The molecule has 0 saturated heterocycles. The Labute approximate surface area is 241 Å². The third-order valence-corrected chi connectivity index (χ3v) is 7.35. The number of anilines is 1. The van der Waals surface area contributed by atoms with Gasteiger partial charge in [-0.1, -0.05) is 72.8 Å². The van der Waals surface area contributed by atoms with Crippen molar-refractivity contribution in [2.45, 2.75) is 12.0 Å². The van der Waals surface area contributed by atoms with Crippen LogP contribution >= 0.6 is 0 Å². The first-order valence-corrected chi connectivity index (χ1v) is 13.5. The van der Waals surface area contributed by atoms with E-state index < -0.39 is 17.9 Å². The first-order chi connectivity index (χ1) is 20.5. The number of rotatable bonds is 8. The van der Waals surface area contributed by atoms with E-state index in [1.54, 1.807) is 43.8 Å². The van der Waals surface area contributed by atoms with Gasteiger partial charge in [0.25, 0.3) is 11.5 Å². The summed E-state index contributed by atoms with van der Waals surface area (Å²) in [6.07, 6.45) is 4.95. The fourth-order valence-corrected chi connectivity index (χ4v) is 5.27. The molecule has 6 rings (SSSR count). The highest BCUT2D eigenvalue weighted by Crippen LogP contribution is 2.30. The minimum Gasteiger partial charge on any atom is -0.357 e. The van der Waals surface area contributed by atoms with E-state index in [1.165, 1.54) is 4.68 Å². The topological polar surface area (TPSA) is 125 Å². The number of aromatic amines is 2. The Morgan fingerprint density at radius 1 is 0.833 bits per heavy atom. The predicted octanol–water partition coefficient (Wildman–Crippen LogP) is 4.83. The number of hydrogen-bond donors (Lipinski definition) is 4. The molecule has 0 aliphatic rings. The molecule has 0 fully saturated rings. The van der Waals surface area contributed by atoms with E-state index in [4.69, 9.17) is 0 Å². The van der Waals surface area contributed by atoms with Gasteiger partial charge in [-0.15, -0.1) is 0 Å². The van der Waals surface area contributed by atoms with Crippen LogP contribution in [-0.4, -0.2) is 37.6 Å². The van der Waals surface area contributed by atoms with Gasteiger partial charge < -0.3 is 20.6 Å². The first kappa shape index (κ1) is 26.5. The number of H-pyrrole nitrogens is 2. The van der Waals surface area contributed by atoms with E-state index in [1.807, 2.05) is 78.9 Å². The standard InChI is InChI=1S/C33H28N6O3/c1-39-27(17-19-36-39)31(40)38-30(28(22-8-4-2-5-9-22)23-10-6-3-7-11-23)33(42)37-24-14-12-21(13-15-24)26-20-35-32(41)29-25(26)16-18-34-29/h2-20,28,30,34H,1H3,(H,35,41)(H,37,42)(H,38,40)/t30-/m0/s1. The normalized spacial score (nSPS) is 11.9. The minimum absolute atomic E-state index is 0.187. The van der Waals surface area contributed by atoms with Gasteiger partial charge in [-0.05, 0) is 41.0 Å². The predicted molar refractivity (Wildman–Crippen MR) is 162 cm³/mol. The van der Waals surface area contributed by atoms with Crippen molar-refractivity contribution in [3.8, 4) is 11.1 Å². The highest BCUT2D eigenvalue weighted by Gasteiger charge is 2.33. The maximum absolute atomic E-state index is 14.0. The molecule has 0 aliphatic carbocycles. The molecule has 0 spiro atoms. The van der Waals surface area contributed by atoms with Gasteiger partial charge in [-0.25, -0.2) is 0 Å². The van der Waals surface area contributed by atoms with Crippen LogP contribution in [0.1, 0.15) is 27.5 Å². The van der Waals surface area contributed by atoms with Crippen LogP contribution in [0.3, 0.4) is 0 Å². The average molecular weight is 557 g/mol. The Bertz CT molecular complexity index is 1870. The molecular weight excluding hydrogens is 528 g/mol. The van der Waals surface area contributed by atoms with Crippen LogP contribution in [0, 0.1) is 0 Å². The molecule has 2 amide bonds. The molecule has 3 aromatic heterocycles. The van der Waals surface area contributed by atoms with E-state index in [0.29, 0.717) is 16.9 Å². The summed E-state index contributed by atoms with van der Waals surface area (Å²) in [5, 5.41) is 10.9. The van der Waals surface area contributed by atoms with Crippen LogP contribution in [0.5, 0.6) is 0 Å². The lowest BCUT2D eigenvalue weighted by atomic mass is 9.84. The van der Waals surface area contributed by atoms with Gasteiger partial charge in [0.15, 0.2) is 0 Å². The van der Waals surface area contributed by atoms with E-state index in [9.17, 15) is 14.4 Å². The van der Waals surface area contributed by atoms with Gasteiger partial charge in [0.05, 0.1) is 0 Å². The molecule has 0 saturated carbocycles. The Morgan fingerprint density at radius 2 is 1.50 bits per heavy atom. The summed E-state index contributed by atoms with van der Waals surface area (Å²) in [5.74, 6) is -1.24. The number of aromatic nitrogens is 4. The smallest absolute Gasteiger partial charge is 0.272 e. The van der Waals surface area contributed by atoms with Gasteiger partial charge in [-0.2, -0.15) is 5.10 Å². The lowest BCUT2D eigenvalue weighted by molar-refractivity contribution is -0.118. The Morgan fingerprint density at radius 3 is 2.12 bits per heavy atom. The lowest BCUT2D eigenvalue weighted by Gasteiger charge is -2.28. The molecule has 0 aliphatic heterocycles. The van der Waals surface area contributed by atoms with Crippen LogP contribution in [0.4, 0.5) is 5.69 Å². The van der Waals surface area contributed by atoms with Gasteiger partial charge in [0.2, 0.25) is 5.91 Å². The molecule has 4 N–H and O–H groups in total. The number of nitrogens with zero attached hydrogens (tertiary/aromatic N) is 2. The molecule has 208 valence electrons. The van der Waals surface area contributed by atoms with Crippen LogP contribution in [0.2, 0.25) is 0 Å². The fourth-order valence-electron chi connectivity index (χ4n) is 5.27. The summed E-state index contributed by atoms with van der Waals surface area (Å²) in [7, 11) is 1.68.